The van der Waals surface area contributed by atoms with Gasteiger partial charge >= 0.3 is 0 Å². The first kappa shape index (κ1) is 30.2. The summed E-state index contributed by atoms with van der Waals surface area (Å²) < 4.78 is 43.5. The van der Waals surface area contributed by atoms with Gasteiger partial charge < -0.3 is 14.5 Å². The van der Waals surface area contributed by atoms with Crippen LogP contribution in [0.25, 0.3) is 49.9 Å². The summed E-state index contributed by atoms with van der Waals surface area (Å²) in [5.41, 5.74) is 10.8. The molecule has 0 radical (unpaired) electrons. The van der Waals surface area contributed by atoms with Crippen LogP contribution in [0.5, 0.6) is 11.5 Å². The van der Waals surface area contributed by atoms with Crippen molar-refractivity contribution in [3.8, 4) is 39.6 Å². The molecule has 0 aliphatic carbocycles. The van der Waals surface area contributed by atoms with Gasteiger partial charge in [0.1, 0.15) is 24.0 Å². The fourth-order valence-corrected chi connectivity index (χ4v) is 8.02. The zero-order valence-electron chi connectivity index (χ0n) is 36.0. The molecule has 9 aromatic rings. The molecule has 0 spiro atoms. The third-order valence-electron chi connectivity index (χ3n) is 10.8. The smallest absolute Gasteiger partial charge is 0.137 e. The summed E-state index contributed by atoms with van der Waals surface area (Å²) >= 11 is 0. The minimum absolute atomic E-state index is 0.0877. The first-order valence-electron chi connectivity index (χ1n) is 21.2. The van der Waals surface area contributed by atoms with Crippen molar-refractivity contribution in [2.75, 3.05) is 16.5 Å². The highest BCUT2D eigenvalue weighted by molar-refractivity contribution is 6.09. The molecular formula is C52H42N4O. The van der Waals surface area contributed by atoms with Gasteiger partial charge in [0.2, 0.25) is 0 Å². The first-order valence-corrected chi connectivity index (χ1v) is 19.2. The van der Waals surface area contributed by atoms with Gasteiger partial charge in [-0.3, -0.25) is 4.57 Å². The monoisotopic (exact) mass is 742 g/mol. The van der Waals surface area contributed by atoms with Gasteiger partial charge in [-0.2, -0.15) is 0 Å². The van der Waals surface area contributed by atoms with Crippen LogP contribution in [0.2, 0.25) is 0 Å². The van der Waals surface area contributed by atoms with E-state index in [1.54, 1.807) is 6.20 Å². The van der Waals surface area contributed by atoms with E-state index < -0.39 is 0 Å². The second-order valence-electron chi connectivity index (χ2n) is 15.4. The van der Waals surface area contributed by atoms with Gasteiger partial charge in [0, 0.05) is 45.9 Å². The molecule has 57 heavy (non-hydrogen) atoms. The number of anilines is 4. The molecule has 0 N–H and O–H groups in total. The average molecular weight is 743 g/mol. The van der Waals surface area contributed by atoms with Crippen LogP contribution >= 0.6 is 0 Å². The number of hydrogen-bond donors (Lipinski definition) is 0. The SMILES string of the molecule is [2H]c1c([2H])c([2H])c2c(c1[2H])c1ccc(Oc3cccc(N4CN(c5c(-c6ccccc6)cccc5-c5ccccc5)c5ccccc54)c3)cc1n2-c1cc(C(C)(C)C)ccn1. The topological polar surface area (TPSA) is 33.5 Å². The van der Waals surface area contributed by atoms with Gasteiger partial charge in [0.05, 0.1) is 33.6 Å². The highest BCUT2D eigenvalue weighted by Gasteiger charge is 2.31. The second-order valence-corrected chi connectivity index (χ2v) is 15.4. The number of hydrogen-bond acceptors (Lipinski definition) is 4. The van der Waals surface area contributed by atoms with E-state index in [1.807, 2.05) is 47.0 Å². The lowest BCUT2D eigenvalue weighted by molar-refractivity contribution is 0.483. The Kier molecular flexibility index (Phi) is 7.34. The minimum atomic E-state index is -0.288. The van der Waals surface area contributed by atoms with Crippen LogP contribution in [0, 0.1) is 0 Å². The van der Waals surface area contributed by atoms with Crippen molar-refractivity contribution >= 4 is 44.6 Å². The van der Waals surface area contributed by atoms with Crippen molar-refractivity contribution < 1.29 is 10.2 Å². The predicted octanol–water partition coefficient (Wildman–Crippen LogP) is 13.8. The third-order valence-corrected chi connectivity index (χ3v) is 10.8. The third kappa shape index (κ3) is 6.18. The molecule has 1 aliphatic heterocycles. The summed E-state index contributed by atoms with van der Waals surface area (Å²) in [5.74, 6) is 1.77. The highest BCUT2D eigenvalue weighted by Crippen LogP contribution is 2.50. The maximum absolute atomic E-state index is 9.02. The Labute approximate surface area is 339 Å². The summed E-state index contributed by atoms with van der Waals surface area (Å²) in [6.07, 6.45) is 1.76. The van der Waals surface area contributed by atoms with E-state index in [9.17, 15) is 0 Å². The molecule has 0 amide bonds. The van der Waals surface area contributed by atoms with Gasteiger partial charge in [-0.25, -0.2) is 4.98 Å². The molecule has 0 saturated heterocycles. The first-order chi connectivity index (χ1) is 29.6. The minimum Gasteiger partial charge on any atom is -0.457 e. The van der Waals surface area contributed by atoms with Crippen LogP contribution in [-0.2, 0) is 5.41 Å². The Hall–Kier alpha value is -7.11. The number of pyridine rings is 1. The van der Waals surface area contributed by atoms with Gasteiger partial charge in [-0.05, 0) is 76.7 Å². The molecule has 0 fully saturated rings. The maximum Gasteiger partial charge on any atom is 0.137 e. The summed E-state index contributed by atoms with van der Waals surface area (Å²) in [7, 11) is 0. The Morgan fingerprint density at radius 3 is 1.95 bits per heavy atom. The van der Waals surface area contributed by atoms with Gasteiger partial charge in [-0.1, -0.05) is 136 Å². The zero-order chi connectivity index (χ0) is 42.0. The van der Waals surface area contributed by atoms with Crippen LogP contribution in [0.3, 0.4) is 0 Å². The van der Waals surface area contributed by atoms with Crippen molar-refractivity contribution in [3.05, 3.63) is 194 Å². The summed E-state index contributed by atoms with van der Waals surface area (Å²) in [4.78, 5) is 9.47. The Balaban J connectivity index is 1.06. The molecule has 10 rings (SSSR count). The lowest BCUT2D eigenvalue weighted by Crippen LogP contribution is -2.24. The quantitative estimate of drug-likeness (QED) is 0.163. The molecule has 0 atom stereocenters. The molecule has 5 nitrogen and oxygen atoms in total. The standard InChI is InChI=1S/C52H42N4O/c1-52(2,3)38-30-31-53-50(32-38)56-46-25-11-10-22-44(46)45-29-28-41(34-49(45)56)57-40-21-14-20-39(33-40)54-35-55(48-27-13-12-26-47(48)54)51-42(36-16-6-4-7-17-36)23-15-24-43(51)37-18-8-5-9-19-37/h4-34H,35H2,1-3H3/i10D,11D,22D,25D. The number of benzene rings is 7. The molecule has 3 heterocycles. The molecule has 2 aromatic heterocycles. The van der Waals surface area contributed by atoms with E-state index in [4.69, 9.17) is 15.2 Å². The number of ether oxygens (including phenoxy) is 1. The number of rotatable bonds is 7. The lowest BCUT2D eigenvalue weighted by atomic mass is 9.88. The number of nitrogens with zero attached hydrogens (tertiary/aromatic N) is 4. The van der Waals surface area contributed by atoms with Crippen LogP contribution in [-0.4, -0.2) is 16.2 Å². The Morgan fingerprint density at radius 2 is 1.23 bits per heavy atom. The van der Waals surface area contributed by atoms with Crippen molar-refractivity contribution in [2.45, 2.75) is 26.2 Å². The van der Waals surface area contributed by atoms with E-state index in [0.29, 0.717) is 45.8 Å². The molecule has 0 unspecified atom stereocenters. The molecule has 0 bridgehead atoms. The normalized spacial score (nSPS) is 13.7. The molecule has 0 saturated carbocycles. The van der Waals surface area contributed by atoms with Gasteiger partial charge in [0.25, 0.3) is 0 Å². The van der Waals surface area contributed by atoms with Crippen LogP contribution in [0.1, 0.15) is 31.8 Å². The fourth-order valence-electron chi connectivity index (χ4n) is 8.02. The van der Waals surface area contributed by atoms with Crippen molar-refractivity contribution in [1.82, 2.24) is 9.55 Å². The predicted molar refractivity (Wildman–Crippen MR) is 237 cm³/mol. The van der Waals surface area contributed by atoms with E-state index in [0.717, 1.165) is 50.6 Å². The van der Waals surface area contributed by atoms with Crippen molar-refractivity contribution in [3.63, 3.8) is 0 Å². The average Bonchev–Trinajstić information content (AvgIpc) is 3.84. The zero-order valence-corrected chi connectivity index (χ0v) is 32.0. The molecule has 5 heteroatoms. The van der Waals surface area contributed by atoms with Crippen LogP contribution < -0.4 is 14.5 Å². The van der Waals surface area contributed by atoms with Gasteiger partial charge in [-0.15, -0.1) is 0 Å². The number of aromatic nitrogens is 2. The lowest BCUT2D eigenvalue weighted by Gasteiger charge is -2.27. The van der Waals surface area contributed by atoms with Crippen LogP contribution in [0.4, 0.5) is 22.7 Å². The highest BCUT2D eigenvalue weighted by atomic mass is 16.5. The van der Waals surface area contributed by atoms with Gasteiger partial charge in [0.15, 0.2) is 0 Å². The number of fused-ring (bicyclic) bond motifs is 4. The molecule has 1 aliphatic rings. The number of para-hydroxylation sites is 4. The van der Waals surface area contributed by atoms with Crippen LogP contribution in [0.15, 0.2) is 188 Å². The van der Waals surface area contributed by atoms with E-state index in [2.05, 4.69) is 146 Å². The van der Waals surface area contributed by atoms with E-state index in [-0.39, 0.29) is 29.6 Å². The second kappa shape index (κ2) is 13.9. The summed E-state index contributed by atoms with van der Waals surface area (Å²) in [5, 5.41) is 1.13. The van der Waals surface area contributed by atoms with E-state index in [1.165, 1.54) is 0 Å². The largest absolute Gasteiger partial charge is 0.457 e. The van der Waals surface area contributed by atoms with E-state index >= 15 is 0 Å². The molecular weight excluding hydrogens is 697 g/mol. The summed E-state index contributed by atoms with van der Waals surface area (Å²) in [6.45, 7) is 6.97. The molecule has 7 aromatic carbocycles. The Bertz CT molecular complexity index is 3080. The fraction of sp³-hybridized carbons (Fsp3) is 0.0962. The summed E-state index contributed by atoms with van der Waals surface area (Å²) in [6, 6.07) is 53.1. The molecule has 276 valence electrons. The Morgan fingerprint density at radius 1 is 0.579 bits per heavy atom. The van der Waals surface area contributed by atoms with Crippen molar-refractivity contribution in [1.29, 1.82) is 0 Å². The maximum atomic E-state index is 9.02. The van der Waals surface area contributed by atoms with Crippen molar-refractivity contribution in [2.24, 2.45) is 0 Å².